The van der Waals surface area contributed by atoms with Crippen molar-refractivity contribution >= 4 is 11.7 Å². The minimum absolute atomic E-state index is 0.0825. The smallest absolute Gasteiger partial charge is 0.307 e. The van der Waals surface area contributed by atoms with E-state index in [1.165, 1.54) is 12.1 Å². The van der Waals surface area contributed by atoms with Crippen molar-refractivity contribution in [3.63, 3.8) is 0 Å². The second kappa shape index (κ2) is 6.10. The lowest BCUT2D eigenvalue weighted by molar-refractivity contribution is -0.143. The van der Waals surface area contributed by atoms with E-state index in [9.17, 15) is 9.18 Å². The normalized spacial score (nSPS) is 11.9. The first-order valence-electron chi connectivity index (χ1n) is 5.29. The van der Waals surface area contributed by atoms with Crippen molar-refractivity contribution in [3.8, 4) is 0 Å². The van der Waals surface area contributed by atoms with Crippen molar-refractivity contribution in [1.82, 2.24) is 0 Å². The van der Waals surface area contributed by atoms with E-state index in [0.717, 1.165) is 0 Å². The number of benzene rings is 1. The van der Waals surface area contributed by atoms with Gasteiger partial charge in [0.15, 0.2) is 0 Å². The summed E-state index contributed by atoms with van der Waals surface area (Å²) >= 11 is 0. The molecule has 0 fully saturated rings. The predicted octanol–water partition coefficient (Wildman–Crippen LogP) is 2.58. The largest absolute Gasteiger partial charge is 0.466 e. The minimum atomic E-state index is -0.298. The van der Waals surface area contributed by atoms with Crippen molar-refractivity contribution in [2.24, 2.45) is 0 Å². The van der Waals surface area contributed by atoms with Crippen LogP contribution in [0.2, 0.25) is 0 Å². The summed E-state index contributed by atoms with van der Waals surface area (Å²) in [6.45, 7) is 4.00. The molecule has 0 aromatic heterocycles. The highest BCUT2D eigenvalue weighted by Crippen LogP contribution is 2.11. The van der Waals surface area contributed by atoms with Crippen molar-refractivity contribution in [3.05, 3.63) is 30.1 Å². The molecule has 16 heavy (non-hydrogen) atoms. The number of rotatable bonds is 5. The maximum Gasteiger partial charge on any atom is 0.307 e. The van der Waals surface area contributed by atoms with Crippen LogP contribution < -0.4 is 5.32 Å². The Labute approximate surface area is 94.6 Å². The van der Waals surface area contributed by atoms with Gasteiger partial charge in [-0.3, -0.25) is 4.79 Å². The molecule has 0 amide bonds. The van der Waals surface area contributed by atoms with Crippen LogP contribution in [-0.2, 0) is 9.53 Å². The van der Waals surface area contributed by atoms with E-state index in [1.807, 2.05) is 6.92 Å². The highest BCUT2D eigenvalue weighted by Gasteiger charge is 2.09. The lowest BCUT2D eigenvalue weighted by Crippen LogP contribution is -2.21. The first-order valence-corrected chi connectivity index (χ1v) is 5.29. The first-order chi connectivity index (χ1) is 7.61. The number of carbonyl (C=O) groups is 1. The molecule has 0 radical (unpaired) electrons. The van der Waals surface area contributed by atoms with Gasteiger partial charge in [0, 0.05) is 11.7 Å². The van der Waals surface area contributed by atoms with E-state index < -0.39 is 0 Å². The van der Waals surface area contributed by atoms with Gasteiger partial charge < -0.3 is 10.1 Å². The molecule has 88 valence electrons. The van der Waals surface area contributed by atoms with Gasteiger partial charge in [-0.2, -0.15) is 0 Å². The van der Waals surface area contributed by atoms with Crippen LogP contribution in [0.5, 0.6) is 0 Å². The lowest BCUT2D eigenvalue weighted by Gasteiger charge is -2.14. The average molecular weight is 225 g/mol. The second-order valence-corrected chi connectivity index (χ2v) is 3.56. The molecule has 0 bridgehead atoms. The molecule has 1 N–H and O–H groups in total. The summed E-state index contributed by atoms with van der Waals surface area (Å²) in [5, 5.41) is 3.03. The summed E-state index contributed by atoms with van der Waals surface area (Å²) in [5.41, 5.74) is 0.664. The summed E-state index contributed by atoms with van der Waals surface area (Å²) in [6.07, 6.45) is 0.268. The Hall–Kier alpha value is -1.58. The van der Waals surface area contributed by atoms with E-state index in [2.05, 4.69) is 5.32 Å². The van der Waals surface area contributed by atoms with Crippen LogP contribution in [0.3, 0.4) is 0 Å². The molecule has 0 aliphatic carbocycles. The lowest BCUT2D eigenvalue weighted by atomic mass is 10.2. The fraction of sp³-hybridized carbons (Fsp3) is 0.417. The van der Waals surface area contributed by atoms with Crippen molar-refractivity contribution in [2.45, 2.75) is 26.3 Å². The van der Waals surface area contributed by atoms with E-state index in [-0.39, 0.29) is 24.2 Å². The third-order valence-corrected chi connectivity index (χ3v) is 2.02. The molecule has 3 nitrogen and oxygen atoms in total. The number of esters is 1. The van der Waals surface area contributed by atoms with Gasteiger partial charge in [0.05, 0.1) is 13.0 Å². The molecular weight excluding hydrogens is 209 g/mol. The van der Waals surface area contributed by atoms with Crippen molar-refractivity contribution in [2.75, 3.05) is 11.9 Å². The van der Waals surface area contributed by atoms with Crippen LogP contribution in [0.15, 0.2) is 24.3 Å². The second-order valence-electron chi connectivity index (χ2n) is 3.56. The summed E-state index contributed by atoms with van der Waals surface area (Å²) in [4.78, 5) is 11.2. The SMILES string of the molecule is CCOC(=O)CC(C)Nc1cccc(F)c1. The molecule has 1 aromatic rings. The zero-order valence-electron chi connectivity index (χ0n) is 9.50. The Morgan fingerprint density at radius 1 is 1.56 bits per heavy atom. The number of nitrogens with one attached hydrogen (secondary N) is 1. The van der Waals surface area contributed by atoms with Crippen LogP contribution in [0, 0.1) is 5.82 Å². The third kappa shape index (κ3) is 4.29. The zero-order valence-corrected chi connectivity index (χ0v) is 9.50. The Balaban J connectivity index is 2.45. The van der Waals surface area contributed by atoms with E-state index in [1.54, 1.807) is 19.1 Å². The molecule has 0 saturated carbocycles. The molecule has 0 aliphatic rings. The van der Waals surface area contributed by atoms with Gasteiger partial charge in [-0.05, 0) is 32.0 Å². The molecular formula is C12H16FNO2. The Morgan fingerprint density at radius 3 is 2.94 bits per heavy atom. The number of hydrogen-bond acceptors (Lipinski definition) is 3. The van der Waals surface area contributed by atoms with Crippen LogP contribution in [0.4, 0.5) is 10.1 Å². The molecule has 1 atom stereocenters. The average Bonchev–Trinajstić information content (AvgIpc) is 2.17. The molecule has 0 aliphatic heterocycles. The van der Waals surface area contributed by atoms with Gasteiger partial charge in [-0.25, -0.2) is 4.39 Å². The molecule has 0 spiro atoms. The molecule has 1 unspecified atom stereocenters. The monoisotopic (exact) mass is 225 g/mol. The highest BCUT2D eigenvalue weighted by atomic mass is 19.1. The topological polar surface area (TPSA) is 38.3 Å². The number of halogens is 1. The van der Waals surface area contributed by atoms with Crippen LogP contribution >= 0.6 is 0 Å². The number of ether oxygens (including phenoxy) is 1. The van der Waals surface area contributed by atoms with Gasteiger partial charge in [-0.1, -0.05) is 6.07 Å². The van der Waals surface area contributed by atoms with Gasteiger partial charge in [0.25, 0.3) is 0 Å². The predicted molar refractivity (Wildman–Crippen MR) is 60.7 cm³/mol. The van der Waals surface area contributed by atoms with Crippen molar-refractivity contribution in [1.29, 1.82) is 0 Å². The first kappa shape index (κ1) is 12.5. The summed E-state index contributed by atoms with van der Waals surface area (Å²) in [5.74, 6) is -0.549. The third-order valence-electron chi connectivity index (χ3n) is 2.02. The summed E-state index contributed by atoms with van der Waals surface area (Å²) < 4.78 is 17.7. The highest BCUT2D eigenvalue weighted by molar-refractivity contribution is 5.70. The number of hydrogen-bond donors (Lipinski definition) is 1. The van der Waals surface area contributed by atoms with Gasteiger partial charge in [-0.15, -0.1) is 0 Å². The quantitative estimate of drug-likeness (QED) is 0.783. The van der Waals surface area contributed by atoms with Gasteiger partial charge >= 0.3 is 5.97 Å². The Bertz CT molecular complexity index is 355. The number of anilines is 1. The summed E-state index contributed by atoms with van der Waals surface area (Å²) in [6, 6.07) is 6.06. The number of carbonyl (C=O) groups excluding carboxylic acids is 1. The Morgan fingerprint density at radius 2 is 2.31 bits per heavy atom. The standard InChI is InChI=1S/C12H16FNO2/c1-3-16-12(15)7-9(2)14-11-6-4-5-10(13)8-11/h4-6,8-9,14H,3,7H2,1-2H3. The maximum atomic E-state index is 12.9. The fourth-order valence-corrected chi connectivity index (χ4v) is 1.38. The Kier molecular flexibility index (Phi) is 4.76. The van der Waals surface area contributed by atoms with E-state index in [0.29, 0.717) is 12.3 Å². The van der Waals surface area contributed by atoms with Crippen molar-refractivity contribution < 1.29 is 13.9 Å². The van der Waals surface area contributed by atoms with Crippen LogP contribution in [0.25, 0.3) is 0 Å². The molecule has 1 aromatic carbocycles. The van der Waals surface area contributed by atoms with Gasteiger partial charge in [0.1, 0.15) is 5.82 Å². The molecule has 4 heteroatoms. The molecule has 0 heterocycles. The van der Waals surface area contributed by atoms with E-state index in [4.69, 9.17) is 4.74 Å². The minimum Gasteiger partial charge on any atom is -0.466 e. The maximum absolute atomic E-state index is 12.9. The molecule has 1 rings (SSSR count). The molecule has 0 saturated heterocycles. The van der Waals surface area contributed by atoms with E-state index >= 15 is 0 Å². The van der Waals surface area contributed by atoms with Crippen LogP contribution in [-0.4, -0.2) is 18.6 Å². The van der Waals surface area contributed by atoms with Crippen LogP contribution in [0.1, 0.15) is 20.3 Å². The fourth-order valence-electron chi connectivity index (χ4n) is 1.38. The summed E-state index contributed by atoms with van der Waals surface area (Å²) in [7, 11) is 0. The zero-order chi connectivity index (χ0) is 12.0. The van der Waals surface area contributed by atoms with Gasteiger partial charge in [0.2, 0.25) is 0 Å².